The summed E-state index contributed by atoms with van der Waals surface area (Å²) in [6.45, 7) is 2.20. The second kappa shape index (κ2) is 7.49. The average molecular weight is 348 g/mol. The number of carbonyl (C=O) groups excluding carboxylic acids is 1. The second-order valence-electron chi connectivity index (χ2n) is 6.31. The van der Waals surface area contributed by atoms with Gasteiger partial charge >= 0.3 is 0 Å². The molecule has 1 saturated heterocycles. The number of hydrogen-bond donors (Lipinski definition) is 0. The van der Waals surface area contributed by atoms with E-state index >= 15 is 0 Å². The van der Waals surface area contributed by atoms with Gasteiger partial charge < -0.3 is 9.64 Å². The van der Waals surface area contributed by atoms with Crippen molar-refractivity contribution in [2.75, 3.05) is 19.7 Å². The topological polar surface area (TPSA) is 60.2 Å². The van der Waals surface area contributed by atoms with Crippen molar-refractivity contribution in [1.29, 1.82) is 0 Å². The first-order chi connectivity index (χ1) is 12.8. The van der Waals surface area contributed by atoms with Crippen molar-refractivity contribution in [3.05, 3.63) is 83.7 Å². The molecule has 1 fully saturated rings. The number of nitrogens with zero attached hydrogens (tertiary/aromatic N) is 4. The summed E-state index contributed by atoms with van der Waals surface area (Å²) in [5.41, 5.74) is 2.57. The van der Waals surface area contributed by atoms with Gasteiger partial charge in [0.15, 0.2) is 5.69 Å². The third kappa shape index (κ3) is 3.65. The molecule has 1 atom stereocenters. The molecule has 0 spiro atoms. The van der Waals surface area contributed by atoms with Gasteiger partial charge in [0.05, 0.1) is 25.9 Å². The Morgan fingerprint density at radius 1 is 1.08 bits per heavy atom. The van der Waals surface area contributed by atoms with Gasteiger partial charge in [-0.1, -0.05) is 65.9 Å². The molecule has 1 amide bonds. The molecule has 0 N–H and O–H groups in total. The van der Waals surface area contributed by atoms with E-state index in [1.165, 1.54) is 0 Å². The Morgan fingerprint density at radius 2 is 1.81 bits per heavy atom. The Kier molecular flexibility index (Phi) is 4.75. The van der Waals surface area contributed by atoms with E-state index in [4.69, 9.17) is 4.74 Å². The molecule has 0 aliphatic carbocycles. The monoisotopic (exact) mass is 348 g/mol. The summed E-state index contributed by atoms with van der Waals surface area (Å²) < 4.78 is 7.52. The third-order valence-electron chi connectivity index (χ3n) is 4.47. The van der Waals surface area contributed by atoms with Crippen LogP contribution in [0.1, 0.15) is 27.7 Å². The van der Waals surface area contributed by atoms with Gasteiger partial charge in [-0.15, -0.1) is 5.10 Å². The zero-order valence-electron chi connectivity index (χ0n) is 14.4. The van der Waals surface area contributed by atoms with Gasteiger partial charge in [0, 0.05) is 6.54 Å². The average Bonchev–Trinajstić information content (AvgIpc) is 3.17. The second-order valence-corrected chi connectivity index (χ2v) is 6.31. The molecule has 2 heterocycles. The van der Waals surface area contributed by atoms with E-state index in [0.29, 0.717) is 31.9 Å². The molecule has 2 aromatic carbocycles. The first-order valence-corrected chi connectivity index (χ1v) is 8.69. The largest absolute Gasteiger partial charge is 0.370 e. The fourth-order valence-corrected chi connectivity index (χ4v) is 3.11. The number of benzene rings is 2. The van der Waals surface area contributed by atoms with Crippen molar-refractivity contribution < 1.29 is 9.53 Å². The molecular weight excluding hydrogens is 328 g/mol. The maximum Gasteiger partial charge on any atom is 0.276 e. The zero-order valence-corrected chi connectivity index (χ0v) is 14.4. The van der Waals surface area contributed by atoms with Crippen molar-refractivity contribution in [1.82, 2.24) is 19.9 Å². The van der Waals surface area contributed by atoms with Crippen LogP contribution in [0.3, 0.4) is 0 Å². The van der Waals surface area contributed by atoms with E-state index in [1.54, 1.807) is 15.8 Å². The van der Waals surface area contributed by atoms with Gasteiger partial charge in [-0.2, -0.15) is 0 Å². The Hall–Kier alpha value is -2.99. The molecule has 6 nitrogen and oxygen atoms in total. The Labute approximate surface area is 152 Å². The zero-order chi connectivity index (χ0) is 17.8. The van der Waals surface area contributed by atoms with E-state index in [1.807, 2.05) is 60.7 Å². The minimum Gasteiger partial charge on any atom is -0.370 e. The van der Waals surface area contributed by atoms with E-state index in [0.717, 1.165) is 11.1 Å². The van der Waals surface area contributed by atoms with Gasteiger partial charge in [0.25, 0.3) is 5.91 Å². The number of ether oxygens (including phenoxy) is 1. The Bertz CT molecular complexity index is 864. The molecule has 0 radical (unpaired) electrons. The molecule has 6 heteroatoms. The fourth-order valence-electron chi connectivity index (χ4n) is 3.11. The molecule has 0 saturated carbocycles. The Morgan fingerprint density at radius 3 is 2.58 bits per heavy atom. The highest BCUT2D eigenvalue weighted by Gasteiger charge is 2.27. The van der Waals surface area contributed by atoms with Gasteiger partial charge in [-0.25, -0.2) is 4.68 Å². The standard InChI is InChI=1S/C20H20N4O2/c25-20(18-14-24(22-21-18)13-16-7-3-1-4-8-16)23-11-12-26-19(15-23)17-9-5-2-6-10-17/h1-10,14,19H,11-13,15H2. The summed E-state index contributed by atoms with van der Waals surface area (Å²) >= 11 is 0. The van der Waals surface area contributed by atoms with Crippen molar-refractivity contribution in [3.63, 3.8) is 0 Å². The molecule has 26 heavy (non-hydrogen) atoms. The first kappa shape index (κ1) is 16.5. The Balaban J connectivity index is 1.44. The summed E-state index contributed by atoms with van der Waals surface area (Å²) in [6.07, 6.45) is 1.61. The van der Waals surface area contributed by atoms with Crippen LogP contribution in [0.2, 0.25) is 0 Å². The predicted molar refractivity (Wildman–Crippen MR) is 96.6 cm³/mol. The molecule has 132 valence electrons. The van der Waals surface area contributed by atoms with Crippen LogP contribution in [0.15, 0.2) is 66.9 Å². The summed E-state index contributed by atoms with van der Waals surface area (Å²) in [7, 11) is 0. The molecule has 1 aliphatic heterocycles. The minimum atomic E-state index is -0.103. The highest BCUT2D eigenvalue weighted by atomic mass is 16.5. The van der Waals surface area contributed by atoms with Crippen LogP contribution in [-0.2, 0) is 11.3 Å². The lowest BCUT2D eigenvalue weighted by Crippen LogP contribution is -2.42. The van der Waals surface area contributed by atoms with Crippen molar-refractivity contribution in [2.24, 2.45) is 0 Å². The van der Waals surface area contributed by atoms with Crippen molar-refractivity contribution in [3.8, 4) is 0 Å². The normalized spacial score (nSPS) is 17.2. The van der Waals surface area contributed by atoms with E-state index in [9.17, 15) is 4.79 Å². The van der Waals surface area contributed by atoms with Crippen LogP contribution in [0.5, 0.6) is 0 Å². The third-order valence-corrected chi connectivity index (χ3v) is 4.47. The molecule has 0 bridgehead atoms. The molecule has 3 aromatic rings. The smallest absolute Gasteiger partial charge is 0.276 e. The lowest BCUT2D eigenvalue weighted by molar-refractivity contribution is -0.0230. The number of rotatable bonds is 4. The minimum absolute atomic E-state index is 0.103. The van der Waals surface area contributed by atoms with E-state index in [-0.39, 0.29) is 12.0 Å². The maximum absolute atomic E-state index is 12.8. The highest BCUT2D eigenvalue weighted by molar-refractivity contribution is 5.92. The molecule has 1 aliphatic rings. The number of hydrogen-bond acceptors (Lipinski definition) is 4. The molecule has 4 rings (SSSR count). The number of amides is 1. The molecule has 1 unspecified atom stereocenters. The first-order valence-electron chi connectivity index (χ1n) is 8.69. The van der Waals surface area contributed by atoms with Crippen LogP contribution in [0.4, 0.5) is 0 Å². The van der Waals surface area contributed by atoms with Gasteiger partial charge in [0.1, 0.15) is 6.10 Å². The summed E-state index contributed by atoms with van der Waals surface area (Å²) in [4.78, 5) is 14.6. The van der Waals surface area contributed by atoms with E-state index in [2.05, 4.69) is 10.3 Å². The van der Waals surface area contributed by atoms with E-state index < -0.39 is 0 Å². The fraction of sp³-hybridized carbons (Fsp3) is 0.250. The summed E-state index contributed by atoms with van der Waals surface area (Å²) in [5.74, 6) is -0.103. The van der Waals surface area contributed by atoms with Crippen LogP contribution < -0.4 is 0 Å². The quantitative estimate of drug-likeness (QED) is 0.727. The number of carbonyl (C=O) groups is 1. The van der Waals surface area contributed by atoms with Crippen LogP contribution in [0.25, 0.3) is 0 Å². The summed E-state index contributed by atoms with van der Waals surface area (Å²) in [5, 5.41) is 8.16. The van der Waals surface area contributed by atoms with Crippen molar-refractivity contribution >= 4 is 5.91 Å². The van der Waals surface area contributed by atoms with Gasteiger partial charge in [-0.05, 0) is 11.1 Å². The number of morpholine rings is 1. The molecular formula is C20H20N4O2. The number of aromatic nitrogens is 3. The summed E-state index contributed by atoms with van der Waals surface area (Å²) in [6, 6.07) is 20.0. The molecule has 1 aromatic heterocycles. The van der Waals surface area contributed by atoms with Crippen LogP contribution in [-0.4, -0.2) is 45.5 Å². The lowest BCUT2D eigenvalue weighted by Gasteiger charge is -2.32. The predicted octanol–water partition coefficient (Wildman–Crippen LogP) is 2.54. The maximum atomic E-state index is 12.8. The van der Waals surface area contributed by atoms with Gasteiger partial charge in [0.2, 0.25) is 0 Å². The van der Waals surface area contributed by atoms with Crippen molar-refractivity contribution in [2.45, 2.75) is 12.6 Å². The van der Waals surface area contributed by atoms with Gasteiger partial charge in [-0.3, -0.25) is 4.79 Å². The SMILES string of the molecule is O=C(c1cn(Cc2ccccc2)nn1)N1CCOC(c2ccccc2)C1. The van der Waals surface area contributed by atoms with Crippen LogP contribution >= 0.6 is 0 Å². The lowest BCUT2D eigenvalue weighted by atomic mass is 10.1. The van der Waals surface area contributed by atoms with Crippen LogP contribution in [0, 0.1) is 0 Å². The highest BCUT2D eigenvalue weighted by Crippen LogP contribution is 2.22.